The summed E-state index contributed by atoms with van der Waals surface area (Å²) in [6.07, 6.45) is 0.691. The number of hydrogen-bond donors (Lipinski definition) is 1. The van der Waals surface area contributed by atoms with Gasteiger partial charge in [-0.3, -0.25) is 4.79 Å². The van der Waals surface area contributed by atoms with Gasteiger partial charge in [0.15, 0.2) is 0 Å². The lowest BCUT2D eigenvalue weighted by atomic mass is 10.1. The van der Waals surface area contributed by atoms with Gasteiger partial charge >= 0.3 is 5.97 Å². The zero-order chi connectivity index (χ0) is 8.97. The molecular weight excluding hydrogens is 176 g/mol. The van der Waals surface area contributed by atoms with E-state index in [1.165, 1.54) is 0 Å². The Morgan fingerprint density at radius 2 is 2.25 bits per heavy atom. The molecule has 0 fully saturated rings. The molecule has 0 radical (unpaired) electrons. The maximum atomic E-state index is 10.2. The van der Waals surface area contributed by atoms with E-state index < -0.39 is 5.97 Å². The predicted octanol–water partition coefficient (Wildman–Crippen LogP) is 2.36. The first-order valence-corrected chi connectivity index (χ1v) is 4.02. The van der Waals surface area contributed by atoms with Crippen LogP contribution in [0.5, 0.6) is 0 Å². The summed E-state index contributed by atoms with van der Waals surface area (Å²) in [7, 11) is 0. The third kappa shape index (κ3) is 2.93. The lowest BCUT2D eigenvalue weighted by Crippen LogP contribution is -1.96. The second-order valence-corrected chi connectivity index (χ2v) is 2.96. The van der Waals surface area contributed by atoms with Crippen molar-refractivity contribution in [3.05, 3.63) is 34.9 Å². The summed E-state index contributed by atoms with van der Waals surface area (Å²) in [5.74, 6) is -0.782. The van der Waals surface area contributed by atoms with Crippen molar-refractivity contribution in [2.45, 2.75) is 12.8 Å². The van der Waals surface area contributed by atoms with Crippen LogP contribution in [0.4, 0.5) is 0 Å². The topological polar surface area (TPSA) is 37.3 Å². The van der Waals surface area contributed by atoms with E-state index in [-0.39, 0.29) is 6.42 Å². The minimum absolute atomic E-state index is 0.153. The summed E-state index contributed by atoms with van der Waals surface area (Å²) in [4.78, 5) is 10.2. The lowest BCUT2D eigenvalue weighted by Gasteiger charge is -1.97. The Kier molecular flexibility index (Phi) is 3.11. The Morgan fingerprint density at radius 3 is 2.83 bits per heavy atom. The highest BCUT2D eigenvalue weighted by atomic mass is 35.5. The van der Waals surface area contributed by atoms with E-state index in [1.54, 1.807) is 12.1 Å². The van der Waals surface area contributed by atoms with Gasteiger partial charge in [0.1, 0.15) is 0 Å². The Hall–Kier alpha value is -1.02. The average Bonchev–Trinajstić information content (AvgIpc) is 2.01. The van der Waals surface area contributed by atoms with Crippen molar-refractivity contribution in [2.24, 2.45) is 0 Å². The van der Waals surface area contributed by atoms with Gasteiger partial charge in [0.2, 0.25) is 0 Å². The van der Waals surface area contributed by atoms with Gasteiger partial charge in [0.25, 0.3) is 0 Å². The standard InChI is InChI=1S/C9H9ClO2/c10-8-3-1-2-7(6-8)4-5-9(11)12/h1-3,6H,4-5H2,(H,11,12). The van der Waals surface area contributed by atoms with E-state index >= 15 is 0 Å². The summed E-state index contributed by atoms with van der Waals surface area (Å²) < 4.78 is 0. The lowest BCUT2D eigenvalue weighted by molar-refractivity contribution is -0.136. The van der Waals surface area contributed by atoms with Gasteiger partial charge < -0.3 is 5.11 Å². The first-order valence-electron chi connectivity index (χ1n) is 3.65. The van der Waals surface area contributed by atoms with Crippen LogP contribution >= 0.6 is 11.6 Å². The Morgan fingerprint density at radius 1 is 1.50 bits per heavy atom. The van der Waals surface area contributed by atoms with Crippen LogP contribution in [0.25, 0.3) is 0 Å². The number of hydrogen-bond acceptors (Lipinski definition) is 1. The molecule has 1 N–H and O–H groups in total. The minimum atomic E-state index is -0.782. The summed E-state index contributed by atoms with van der Waals surface area (Å²) in [5.41, 5.74) is 0.963. The van der Waals surface area contributed by atoms with Crippen molar-refractivity contribution in [3.8, 4) is 0 Å². The van der Waals surface area contributed by atoms with Crippen molar-refractivity contribution >= 4 is 17.6 Å². The van der Waals surface area contributed by atoms with Gasteiger partial charge in [0.05, 0.1) is 0 Å². The molecule has 3 heteroatoms. The zero-order valence-electron chi connectivity index (χ0n) is 6.46. The SMILES string of the molecule is O=C(O)CCc1cccc(Cl)c1. The number of carboxylic acids is 1. The van der Waals surface area contributed by atoms with E-state index in [0.717, 1.165) is 5.56 Å². The molecule has 0 bridgehead atoms. The normalized spacial score (nSPS) is 9.75. The highest BCUT2D eigenvalue weighted by Gasteiger charge is 1.98. The molecule has 0 unspecified atom stereocenters. The largest absolute Gasteiger partial charge is 0.481 e. The van der Waals surface area contributed by atoms with Crippen molar-refractivity contribution in [1.29, 1.82) is 0 Å². The monoisotopic (exact) mass is 184 g/mol. The molecule has 0 aliphatic carbocycles. The number of carbonyl (C=O) groups is 1. The molecule has 0 aliphatic rings. The maximum absolute atomic E-state index is 10.2. The summed E-state index contributed by atoms with van der Waals surface area (Å²) in [5, 5.41) is 9.06. The van der Waals surface area contributed by atoms with Crippen LogP contribution in [-0.2, 0) is 11.2 Å². The van der Waals surface area contributed by atoms with E-state index in [0.29, 0.717) is 11.4 Å². The first-order chi connectivity index (χ1) is 5.68. The molecule has 64 valence electrons. The Labute approximate surface area is 75.8 Å². The van der Waals surface area contributed by atoms with Gasteiger partial charge in [-0.05, 0) is 24.1 Å². The van der Waals surface area contributed by atoms with Gasteiger partial charge in [-0.15, -0.1) is 0 Å². The fraction of sp³-hybridized carbons (Fsp3) is 0.222. The van der Waals surface area contributed by atoms with Crippen LogP contribution in [0, 0.1) is 0 Å². The molecular formula is C9H9ClO2. The quantitative estimate of drug-likeness (QED) is 0.783. The molecule has 1 aromatic rings. The number of aryl methyl sites for hydroxylation is 1. The molecule has 1 rings (SSSR count). The fourth-order valence-electron chi connectivity index (χ4n) is 0.944. The Bertz CT molecular complexity index is 284. The smallest absolute Gasteiger partial charge is 0.303 e. The second-order valence-electron chi connectivity index (χ2n) is 2.52. The minimum Gasteiger partial charge on any atom is -0.481 e. The van der Waals surface area contributed by atoms with Gasteiger partial charge in [-0.25, -0.2) is 0 Å². The fourth-order valence-corrected chi connectivity index (χ4v) is 1.16. The second kappa shape index (κ2) is 4.12. The highest BCUT2D eigenvalue weighted by Crippen LogP contribution is 2.11. The molecule has 0 amide bonds. The van der Waals surface area contributed by atoms with Crippen LogP contribution in [0.1, 0.15) is 12.0 Å². The summed E-state index contributed by atoms with van der Waals surface area (Å²) >= 11 is 5.71. The molecule has 0 aromatic heterocycles. The third-order valence-electron chi connectivity index (χ3n) is 1.52. The molecule has 12 heavy (non-hydrogen) atoms. The zero-order valence-corrected chi connectivity index (χ0v) is 7.21. The van der Waals surface area contributed by atoms with Crippen LogP contribution in [0.15, 0.2) is 24.3 Å². The van der Waals surface area contributed by atoms with Gasteiger partial charge in [0, 0.05) is 11.4 Å². The molecule has 0 heterocycles. The van der Waals surface area contributed by atoms with Crippen molar-refractivity contribution < 1.29 is 9.90 Å². The van der Waals surface area contributed by atoms with Gasteiger partial charge in [-0.1, -0.05) is 23.7 Å². The number of carboxylic acid groups (broad SMARTS) is 1. The van der Waals surface area contributed by atoms with Crippen LogP contribution < -0.4 is 0 Å². The van der Waals surface area contributed by atoms with Crippen LogP contribution in [0.3, 0.4) is 0 Å². The third-order valence-corrected chi connectivity index (χ3v) is 1.75. The van der Waals surface area contributed by atoms with Crippen LogP contribution in [-0.4, -0.2) is 11.1 Å². The molecule has 2 nitrogen and oxygen atoms in total. The van der Waals surface area contributed by atoms with E-state index in [4.69, 9.17) is 16.7 Å². The van der Waals surface area contributed by atoms with Crippen LogP contribution in [0.2, 0.25) is 5.02 Å². The number of halogens is 1. The average molecular weight is 185 g/mol. The van der Waals surface area contributed by atoms with Crippen molar-refractivity contribution in [2.75, 3.05) is 0 Å². The maximum Gasteiger partial charge on any atom is 0.303 e. The number of benzene rings is 1. The highest BCUT2D eigenvalue weighted by molar-refractivity contribution is 6.30. The Balaban J connectivity index is 2.57. The summed E-state index contributed by atoms with van der Waals surface area (Å²) in [6, 6.07) is 7.24. The molecule has 0 spiro atoms. The first kappa shape index (κ1) is 9.07. The van der Waals surface area contributed by atoms with Crippen molar-refractivity contribution in [1.82, 2.24) is 0 Å². The number of rotatable bonds is 3. The predicted molar refractivity (Wildman–Crippen MR) is 47.4 cm³/mol. The molecule has 1 aromatic carbocycles. The van der Waals surface area contributed by atoms with E-state index in [1.807, 2.05) is 12.1 Å². The van der Waals surface area contributed by atoms with E-state index in [2.05, 4.69) is 0 Å². The molecule has 0 saturated carbocycles. The summed E-state index contributed by atoms with van der Waals surface area (Å²) in [6.45, 7) is 0. The molecule has 0 saturated heterocycles. The molecule has 0 atom stereocenters. The molecule has 0 aliphatic heterocycles. The van der Waals surface area contributed by atoms with E-state index in [9.17, 15) is 4.79 Å². The van der Waals surface area contributed by atoms with Gasteiger partial charge in [-0.2, -0.15) is 0 Å². The van der Waals surface area contributed by atoms with Crippen molar-refractivity contribution in [3.63, 3.8) is 0 Å². The number of aliphatic carboxylic acids is 1.